The molecule has 0 saturated carbocycles. The SMILES string of the molecule is COc1ccc(C2CC(C(F)(F)F)n3nc(-c4ccc(C(=O)N5CCNCC5)nc4)cc3N2)cc1OC.Cl.Cl. The lowest BCUT2D eigenvalue weighted by Crippen LogP contribution is -2.46. The van der Waals surface area contributed by atoms with E-state index in [4.69, 9.17) is 9.47 Å². The first kappa shape index (κ1) is 30.3. The number of hydrogen-bond donors (Lipinski definition) is 2. The van der Waals surface area contributed by atoms with E-state index >= 15 is 0 Å². The van der Waals surface area contributed by atoms with Crippen LogP contribution < -0.4 is 20.1 Å². The van der Waals surface area contributed by atoms with Crippen LogP contribution in [0.3, 0.4) is 0 Å². The highest BCUT2D eigenvalue weighted by Crippen LogP contribution is 2.45. The van der Waals surface area contributed by atoms with Gasteiger partial charge in [-0.15, -0.1) is 24.8 Å². The fraction of sp³-hybridized carbons (Fsp3) is 0.400. The van der Waals surface area contributed by atoms with E-state index in [1.165, 1.54) is 20.4 Å². The van der Waals surface area contributed by atoms with Gasteiger partial charge in [0.25, 0.3) is 5.91 Å². The van der Waals surface area contributed by atoms with Crippen molar-refractivity contribution in [1.29, 1.82) is 0 Å². The van der Waals surface area contributed by atoms with Crippen molar-refractivity contribution < 1.29 is 27.4 Å². The van der Waals surface area contributed by atoms with E-state index in [1.54, 1.807) is 41.3 Å². The predicted molar refractivity (Wildman–Crippen MR) is 144 cm³/mol. The van der Waals surface area contributed by atoms with Gasteiger partial charge in [0.1, 0.15) is 11.5 Å². The minimum absolute atomic E-state index is 0. The smallest absolute Gasteiger partial charge is 0.410 e. The van der Waals surface area contributed by atoms with Gasteiger partial charge in [0, 0.05) is 50.4 Å². The molecule has 1 fully saturated rings. The summed E-state index contributed by atoms with van der Waals surface area (Å²) in [6.45, 7) is 2.65. The monoisotopic (exact) mass is 588 g/mol. The normalized spacial score (nSPS) is 18.6. The van der Waals surface area contributed by atoms with Gasteiger partial charge >= 0.3 is 6.18 Å². The third-order valence-electron chi connectivity index (χ3n) is 6.68. The fourth-order valence-corrected chi connectivity index (χ4v) is 4.70. The molecule has 1 amide bonds. The summed E-state index contributed by atoms with van der Waals surface area (Å²) in [6, 6.07) is 7.43. The Hall–Kier alpha value is -3.22. The van der Waals surface area contributed by atoms with Gasteiger partial charge in [-0.1, -0.05) is 6.07 Å². The van der Waals surface area contributed by atoms with Crippen molar-refractivity contribution in [3.8, 4) is 22.8 Å². The third kappa shape index (κ3) is 6.18. The first-order chi connectivity index (χ1) is 17.8. The maximum Gasteiger partial charge on any atom is 0.410 e. The number of fused-ring (bicyclic) bond motifs is 1. The van der Waals surface area contributed by atoms with E-state index in [-0.39, 0.29) is 48.7 Å². The van der Waals surface area contributed by atoms with E-state index in [0.29, 0.717) is 41.4 Å². The molecule has 14 heteroatoms. The summed E-state index contributed by atoms with van der Waals surface area (Å²) < 4.78 is 53.9. The number of aromatic nitrogens is 3. The molecular formula is C25H29Cl2F3N6O3. The molecule has 2 aliphatic rings. The topological polar surface area (TPSA) is 93.5 Å². The van der Waals surface area contributed by atoms with Crippen molar-refractivity contribution in [1.82, 2.24) is 25.0 Å². The molecule has 3 aromatic rings. The molecule has 0 aliphatic carbocycles. The molecule has 2 atom stereocenters. The second-order valence-electron chi connectivity index (χ2n) is 8.94. The summed E-state index contributed by atoms with van der Waals surface area (Å²) in [4.78, 5) is 18.7. The second-order valence-corrected chi connectivity index (χ2v) is 8.94. The summed E-state index contributed by atoms with van der Waals surface area (Å²) in [6.07, 6.45) is -3.28. The number of carbonyl (C=O) groups excluding carboxylic acids is 1. The molecule has 1 saturated heterocycles. The largest absolute Gasteiger partial charge is 0.493 e. The number of anilines is 1. The van der Waals surface area contributed by atoms with Crippen molar-refractivity contribution in [2.45, 2.75) is 24.7 Å². The average Bonchev–Trinajstić information content (AvgIpc) is 3.36. The van der Waals surface area contributed by atoms with Crippen LogP contribution in [-0.4, -0.2) is 72.1 Å². The zero-order chi connectivity index (χ0) is 26.2. The van der Waals surface area contributed by atoms with Crippen LogP contribution in [0.4, 0.5) is 19.0 Å². The molecular weight excluding hydrogens is 560 g/mol. The van der Waals surface area contributed by atoms with Gasteiger partial charge in [-0.25, -0.2) is 4.68 Å². The summed E-state index contributed by atoms with van der Waals surface area (Å²) in [5.41, 5.74) is 1.77. The molecule has 5 rings (SSSR count). The number of amides is 1. The highest BCUT2D eigenvalue weighted by atomic mass is 35.5. The van der Waals surface area contributed by atoms with Crippen LogP contribution >= 0.6 is 24.8 Å². The number of rotatable bonds is 5. The summed E-state index contributed by atoms with van der Waals surface area (Å²) in [5.74, 6) is 0.998. The number of carbonyl (C=O) groups is 1. The molecule has 39 heavy (non-hydrogen) atoms. The summed E-state index contributed by atoms with van der Waals surface area (Å²) >= 11 is 0. The van der Waals surface area contributed by atoms with Crippen LogP contribution in [0.15, 0.2) is 42.6 Å². The predicted octanol–water partition coefficient (Wildman–Crippen LogP) is 4.51. The van der Waals surface area contributed by atoms with Gasteiger partial charge in [0.05, 0.1) is 26.0 Å². The van der Waals surface area contributed by atoms with E-state index in [1.807, 2.05) is 0 Å². The fourth-order valence-electron chi connectivity index (χ4n) is 4.70. The Kier molecular flexibility index (Phi) is 9.57. The van der Waals surface area contributed by atoms with Crippen molar-refractivity contribution in [2.24, 2.45) is 0 Å². The maximum absolute atomic E-state index is 14.1. The van der Waals surface area contributed by atoms with Crippen LogP contribution in [0.2, 0.25) is 0 Å². The highest BCUT2D eigenvalue weighted by Gasteiger charge is 2.46. The standard InChI is InChI=1S/C25H27F3N6O3.2ClH/c1-36-20-6-4-15(11-21(20)37-2)18-12-22(25(26,27)28)34-23(31-18)13-19(32-34)16-3-5-17(30-14-16)24(35)33-9-7-29-8-10-33;;/h3-6,11,13-14,18,22,29,31H,7-10,12H2,1-2H3;2*1H. The Bertz CT molecular complexity index is 1280. The number of nitrogens with zero attached hydrogens (tertiary/aromatic N) is 4. The van der Waals surface area contributed by atoms with Gasteiger partial charge in [-0.05, 0) is 29.8 Å². The van der Waals surface area contributed by atoms with Crippen LogP contribution in [0.5, 0.6) is 11.5 Å². The number of ether oxygens (including phenoxy) is 2. The Labute approximate surface area is 235 Å². The van der Waals surface area contributed by atoms with Gasteiger partial charge < -0.3 is 25.0 Å². The zero-order valence-corrected chi connectivity index (χ0v) is 22.8. The van der Waals surface area contributed by atoms with E-state index in [9.17, 15) is 18.0 Å². The van der Waals surface area contributed by atoms with E-state index < -0.39 is 18.3 Å². The Balaban J connectivity index is 0.00000210. The molecule has 2 aromatic heterocycles. The van der Waals surface area contributed by atoms with Crippen LogP contribution in [0.25, 0.3) is 11.3 Å². The zero-order valence-electron chi connectivity index (χ0n) is 21.2. The van der Waals surface area contributed by atoms with E-state index in [0.717, 1.165) is 17.8 Å². The average molecular weight is 589 g/mol. The molecule has 0 radical (unpaired) electrons. The number of hydrogen-bond acceptors (Lipinski definition) is 7. The number of alkyl halides is 3. The lowest BCUT2D eigenvalue weighted by atomic mass is 9.96. The molecule has 9 nitrogen and oxygen atoms in total. The minimum Gasteiger partial charge on any atom is -0.493 e. The second kappa shape index (κ2) is 12.3. The molecule has 0 bridgehead atoms. The molecule has 2 aliphatic heterocycles. The van der Waals surface area contributed by atoms with Gasteiger partial charge in [-0.2, -0.15) is 18.3 Å². The first-order valence-corrected chi connectivity index (χ1v) is 11.9. The van der Waals surface area contributed by atoms with Crippen LogP contribution in [-0.2, 0) is 0 Å². The molecule has 0 spiro atoms. The number of benzene rings is 1. The highest BCUT2D eigenvalue weighted by molar-refractivity contribution is 5.92. The van der Waals surface area contributed by atoms with Crippen molar-refractivity contribution in [3.05, 3.63) is 53.9 Å². The minimum atomic E-state index is -4.51. The van der Waals surface area contributed by atoms with Crippen LogP contribution in [0, 0.1) is 0 Å². The number of methoxy groups -OCH3 is 2. The van der Waals surface area contributed by atoms with Gasteiger partial charge in [-0.3, -0.25) is 9.78 Å². The Morgan fingerprint density at radius 2 is 1.74 bits per heavy atom. The molecule has 1 aromatic carbocycles. The first-order valence-electron chi connectivity index (χ1n) is 11.9. The molecule has 2 unspecified atom stereocenters. The van der Waals surface area contributed by atoms with Crippen LogP contribution in [0.1, 0.15) is 34.6 Å². The van der Waals surface area contributed by atoms with E-state index in [2.05, 4.69) is 20.7 Å². The lowest BCUT2D eigenvalue weighted by molar-refractivity contribution is -0.173. The quantitative estimate of drug-likeness (QED) is 0.453. The lowest BCUT2D eigenvalue weighted by Gasteiger charge is -2.33. The number of nitrogens with one attached hydrogen (secondary N) is 2. The summed E-state index contributed by atoms with van der Waals surface area (Å²) in [7, 11) is 2.98. The third-order valence-corrected chi connectivity index (χ3v) is 6.68. The number of halogens is 5. The van der Waals surface area contributed by atoms with Gasteiger partial charge in [0.2, 0.25) is 0 Å². The summed E-state index contributed by atoms with van der Waals surface area (Å²) in [5, 5.41) is 10.6. The number of piperazine rings is 1. The van der Waals surface area contributed by atoms with Crippen molar-refractivity contribution in [3.63, 3.8) is 0 Å². The number of pyridine rings is 1. The van der Waals surface area contributed by atoms with Crippen molar-refractivity contribution in [2.75, 3.05) is 45.7 Å². The maximum atomic E-state index is 14.1. The Morgan fingerprint density at radius 1 is 1.03 bits per heavy atom. The molecule has 2 N–H and O–H groups in total. The van der Waals surface area contributed by atoms with Gasteiger partial charge in [0.15, 0.2) is 17.5 Å². The molecule has 4 heterocycles. The van der Waals surface area contributed by atoms with Crippen molar-refractivity contribution >= 4 is 36.5 Å². The molecule has 212 valence electrons. The Morgan fingerprint density at radius 3 is 2.36 bits per heavy atom.